The molecule has 0 radical (unpaired) electrons. The molecular weight excluding hydrogens is 288 g/mol. The molecule has 1 atom stereocenters. The SMILES string of the molecule is Cc1ccccc1OC[C@@H]1CCCN(Cc2cnc(N)nc2)C1. The first kappa shape index (κ1) is 15.7. The standard InChI is InChI=1S/C18H24N4O/c1-14-5-2-3-7-17(14)23-13-15-6-4-8-22(11-15)12-16-9-20-18(19)21-10-16/h2-3,5,7,9-10,15H,4,6,8,11-13H2,1H3,(H2,19,20,21)/t15-/m1/s1. The van der Waals surface area contributed by atoms with E-state index in [0.717, 1.165) is 37.6 Å². The number of ether oxygens (including phenoxy) is 1. The molecule has 0 aliphatic carbocycles. The van der Waals surface area contributed by atoms with Crippen LogP contribution in [0.5, 0.6) is 5.75 Å². The van der Waals surface area contributed by atoms with Crippen LogP contribution in [-0.2, 0) is 6.54 Å². The molecule has 2 N–H and O–H groups in total. The van der Waals surface area contributed by atoms with Crippen LogP contribution in [0.1, 0.15) is 24.0 Å². The molecule has 1 aliphatic heterocycles. The summed E-state index contributed by atoms with van der Waals surface area (Å²) in [6, 6.07) is 8.20. The maximum atomic E-state index is 6.02. The van der Waals surface area contributed by atoms with Gasteiger partial charge in [0.2, 0.25) is 5.95 Å². The van der Waals surface area contributed by atoms with Crippen molar-refractivity contribution in [1.29, 1.82) is 0 Å². The van der Waals surface area contributed by atoms with E-state index in [2.05, 4.69) is 27.9 Å². The monoisotopic (exact) mass is 312 g/mol. The second-order valence-electron chi connectivity index (χ2n) is 6.27. The lowest BCUT2D eigenvalue weighted by atomic mass is 9.98. The Balaban J connectivity index is 1.52. The molecule has 0 saturated carbocycles. The molecule has 23 heavy (non-hydrogen) atoms. The molecule has 0 amide bonds. The van der Waals surface area contributed by atoms with Crippen molar-refractivity contribution in [2.75, 3.05) is 25.4 Å². The van der Waals surface area contributed by atoms with Gasteiger partial charge in [-0.05, 0) is 37.9 Å². The third kappa shape index (κ3) is 4.42. The van der Waals surface area contributed by atoms with Crippen molar-refractivity contribution in [1.82, 2.24) is 14.9 Å². The predicted molar refractivity (Wildman–Crippen MR) is 91.1 cm³/mol. The fourth-order valence-electron chi connectivity index (χ4n) is 3.06. The van der Waals surface area contributed by atoms with Gasteiger partial charge in [-0.25, -0.2) is 9.97 Å². The van der Waals surface area contributed by atoms with Crippen molar-refractivity contribution >= 4 is 5.95 Å². The molecule has 1 aromatic carbocycles. The molecule has 2 aromatic rings. The molecule has 5 nitrogen and oxygen atoms in total. The third-order valence-electron chi connectivity index (χ3n) is 4.30. The number of rotatable bonds is 5. The zero-order chi connectivity index (χ0) is 16.1. The van der Waals surface area contributed by atoms with E-state index < -0.39 is 0 Å². The molecule has 5 heteroatoms. The number of aryl methyl sites for hydroxylation is 1. The van der Waals surface area contributed by atoms with Gasteiger partial charge in [0.25, 0.3) is 0 Å². The maximum Gasteiger partial charge on any atom is 0.219 e. The number of anilines is 1. The van der Waals surface area contributed by atoms with Crippen molar-refractivity contribution in [3.63, 3.8) is 0 Å². The maximum absolute atomic E-state index is 6.02. The number of piperidine rings is 1. The first-order valence-corrected chi connectivity index (χ1v) is 8.18. The Hall–Kier alpha value is -2.14. The third-order valence-corrected chi connectivity index (χ3v) is 4.30. The van der Waals surface area contributed by atoms with Gasteiger partial charge in [-0.15, -0.1) is 0 Å². The molecule has 2 heterocycles. The summed E-state index contributed by atoms with van der Waals surface area (Å²) in [4.78, 5) is 10.6. The summed E-state index contributed by atoms with van der Waals surface area (Å²) in [5.41, 5.74) is 7.84. The second kappa shape index (κ2) is 7.42. The van der Waals surface area contributed by atoms with Crippen LogP contribution < -0.4 is 10.5 Å². The number of hydrogen-bond acceptors (Lipinski definition) is 5. The lowest BCUT2D eigenvalue weighted by molar-refractivity contribution is 0.124. The highest BCUT2D eigenvalue weighted by Gasteiger charge is 2.21. The summed E-state index contributed by atoms with van der Waals surface area (Å²) in [6.45, 7) is 5.91. The second-order valence-corrected chi connectivity index (χ2v) is 6.27. The topological polar surface area (TPSA) is 64.3 Å². The Morgan fingerprint density at radius 2 is 2.04 bits per heavy atom. The Morgan fingerprint density at radius 3 is 2.83 bits per heavy atom. The zero-order valence-electron chi connectivity index (χ0n) is 13.6. The van der Waals surface area contributed by atoms with E-state index in [9.17, 15) is 0 Å². The van der Waals surface area contributed by atoms with Crippen molar-refractivity contribution < 1.29 is 4.74 Å². The summed E-state index contributed by atoms with van der Waals surface area (Å²) in [7, 11) is 0. The summed E-state index contributed by atoms with van der Waals surface area (Å²) in [5.74, 6) is 1.89. The summed E-state index contributed by atoms with van der Waals surface area (Å²) < 4.78 is 6.02. The first-order chi connectivity index (χ1) is 11.2. The number of nitrogens with zero attached hydrogens (tertiary/aromatic N) is 3. The van der Waals surface area contributed by atoms with E-state index in [1.165, 1.54) is 18.4 Å². The normalized spacial score (nSPS) is 18.7. The van der Waals surface area contributed by atoms with Crippen molar-refractivity contribution in [3.8, 4) is 5.75 Å². The number of hydrogen-bond donors (Lipinski definition) is 1. The Labute approximate surface area is 137 Å². The number of benzene rings is 1. The number of para-hydroxylation sites is 1. The zero-order valence-corrected chi connectivity index (χ0v) is 13.6. The molecule has 0 unspecified atom stereocenters. The summed E-state index contributed by atoms with van der Waals surface area (Å²) in [5, 5.41) is 0. The minimum absolute atomic E-state index is 0.330. The van der Waals surface area contributed by atoms with Crippen LogP contribution >= 0.6 is 0 Å². The Bertz CT molecular complexity index is 629. The van der Waals surface area contributed by atoms with Gasteiger partial charge < -0.3 is 10.5 Å². The van der Waals surface area contributed by atoms with Crippen LogP contribution in [0.2, 0.25) is 0 Å². The molecule has 122 valence electrons. The van der Waals surface area contributed by atoms with Gasteiger partial charge >= 0.3 is 0 Å². The lowest BCUT2D eigenvalue weighted by Gasteiger charge is -2.32. The summed E-state index contributed by atoms with van der Waals surface area (Å²) >= 11 is 0. The first-order valence-electron chi connectivity index (χ1n) is 8.18. The van der Waals surface area contributed by atoms with Crippen LogP contribution in [0.4, 0.5) is 5.95 Å². The van der Waals surface area contributed by atoms with Gasteiger partial charge in [0, 0.05) is 37.0 Å². The van der Waals surface area contributed by atoms with E-state index in [-0.39, 0.29) is 0 Å². The molecule has 1 saturated heterocycles. The van der Waals surface area contributed by atoms with Gasteiger partial charge in [0.15, 0.2) is 0 Å². The highest BCUT2D eigenvalue weighted by molar-refractivity contribution is 5.31. The highest BCUT2D eigenvalue weighted by atomic mass is 16.5. The number of aromatic nitrogens is 2. The Morgan fingerprint density at radius 1 is 1.26 bits per heavy atom. The number of likely N-dealkylation sites (tertiary alicyclic amines) is 1. The van der Waals surface area contributed by atoms with Gasteiger partial charge in [-0.1, -0.05) is 18.2 Å². The van der Waals surface area contributed by atoms with Crippen molar-refractivity contribution in [2.45, 2.75) is 26.3 Å². The van der Waals surface area contributed by atoms with Crippen LogP contribution in [0.3, 0.4) is 0 Å². The average Bonchev–Trinajstić information content (AvgIpc) is 2.57. The van der Waals surface area contributed by atoms with Gasteiger partial charge in [0.05, 0.1) is 6.61 Å². The number of nitrogen functional groups attached to an aromatic ring is 1. The van der Waals surface area contributed by atoms with Crippen LogP contribution in [-0.4, -0.2) is 34.6 Å². The molecule has 3 rings (SSSR count). The predicted octanol–water partition coefficient (Wildman–Crippen LogP) is 2.66. The average molecular weight is 312 g/mol. The molecule has 1 aliphatic rings. The minimum Gasteiger partial charge on any atom is -0.493 e. The number of nitrogens with two attached hydrogens (primary N) is 1. The molecule has 0 spiro atoms. The van der Waals surface area contributed by atoms with Crippen molar-refractivity contribution in [3.05, 3.63) is 47.8 Å². The van der Waals surface area contributed by atoms with Gasteiger partial charge in [0.1, 0.15) is 5.75 Å². The van der Waals surface area contributed by atoms with E-state index in [4.69, 9.17) is 10.5 Å². The van der Waals surface area contributed by atoms with E-state index in [1.54, 1.807) is 0 Å². The van der Waals surface area contributed by atoms with Crippen molar-refractivity contribution in [2.24, 2.45) is 5.92 Å². The van der Waals surface area contributed by atoms with Crippen LogP contribution in [0, 0.1) is 12.8 Å². The van der Waals surface area contributed by atoms with Gasteiger partial charge in [-0.2, -0.15) is 0 Å². The molecule has 1 fully saturated rings. The fraction of sp³-hybridized carbons (Fsp3) is 0.444. The largest absolute Gasteiger partial charge is 0.493 e. The minimum atomic E-state index is 0.330. The quantitative estimate of drug-likeness (QED) is 0.919. The molecule has 0 bridgehead atoms. The van der Waals surface area contributed by atoms with Crippen LogP contribution in [0.25, 0.3) is 0 Å². The molecule has 1 aromatic heterocycles. The van der Waals surface area contributed by atoms with Gasteiger partial charge in [-0.3, -0.25) is 4.90 Å². The van der Waals surface area contributed by atoms with E-state index >= 15 is 0 Å². The summed E-state index contributed by atoms with van der Waals surface area (Å²) in [6.07, 6.45) is 6.06. The fourth-order valence-corrected chi connectivity index (χ4v) is 3.06. The Kier molecular flexibility index (Phi) is 5.08. The van der Waals surface area contributed by atoms with Crippen LogP contribution in [0.15, 0.2) is 36.7 Å². The lowest BCUT2D eigenvalue weighted by Crippen LogP contribution is -2.37. The van der Waals surface area contributed by atoms with E-state index in [0.29, 0.717) is 11.9 Å². The van der Waals surface area contributed by atoms with E-state index in [1.807, 2.05) is 30.6 Å². The smallest absolute Gasteiger partial charge is 0.219 e. The molecular formula is C18H24N4O. The highest BCUT2D eigenvalue weighted by Crippen LogP contribution is 2.22.